The topological polar surface area (TPSA) is 23.5 Å². The van der Waals surface area contributed by atoms with E-state index in [2.05, 4.69) is 11.8 Å². The second kappa shape index (κ2) is 5.74. The molecule has 1 aromatic carbocycles. The minimum atomic E-state index is 0.314. The van der Waals surface area contributed by atoms with Crippen LogP contribution in [0.15, 0.2) is 18.2 Å². The third-order valence-corrected chi connectivity index (χ3v) is 4.06. The van der Waals surface area contributed by atoms with Crippen LogP contribution in [0, 0.1) is 0 Å². The zero-order valence-electron chi connectivity index (χ0n) is 10.3. The Labute approximate surface area is 108 Å². The fourth-order valence-corrected chi connectivity index (χ4v) is 2.90. The zero-order valence-corrected chi connectivity index (χ0v) is 11.1. The van der Waals surface area contributed by atoms with Gasteiger partial charge in [0.1, 0.15) is 5.75 Å². The van der Waals surface area contributed by atoms with Gasteiger partial charge in [0.2, 0.25) is 0 Å². The fraction of sp³-hybridized carbons (Fsp3) is 0.571. The van der Waals surface area contributed by atoms with E-state index in [0.717, 1.165) is 18.7 Å². The highest BCUT2D eigenvalue weighted by Gasteiger charge is 2.22. The fourth-order valence-electron chi connectivity index (χ4n) is 2.68. The van der Waals surface area contributed by atoms with Gasteiger partial charge < -0.3 is 5.11 Å². The summed E-state index contributed by atoms with van der Waals surface area (Å²) in [5.74, 6) is 0.314. The third-order valence-electron chi connectivity index (χ3n) is 3.70. The Balaban J connectivity index is 2.12. The number of phenols is 1. The van der Waals surface area contributed by atoms with Crippen LogP contribution in [0.5, 0.6) is 5.75 Å². The highest BCUT2D eigenvalue weighted by molar-refractivity contribution is 6.31. The molecule has 0 unspecified atom stereocenters. The number of rotatable bonds is 4. The standard InChI is InChI=1S/C14H20ClNO/c1-2-16(11-6-3-4-7-11)10-12-13(15)8-5-9-14(12)17/h5,8-9,11,17H,2-4,6-7,10H2,1H3. The van der Waals surface area contributed by atoms with Crippen molar-refractivity contribution >= 4 is 11.6 Å². The number of halogens is 1. The van der Waals surface area contributed by atoms with Gasteiger partial charge in [0, 0.05) is 23.2 Å². The molecule has 0 bridgehead atoms. The van der Waals surface area contributed by atoms with Crippen LogP contribution in [0.25, 0.3) is 0 Å². The Bertz CT molecular complexity index is 354. The molecule has 17 heavy (non-hydrogen) atoms. The van der Waals surface area contributed by atoms with Crippen LogP contribution in [-0.2, 0) is 6.54 Å². The Kier molecular flexibility index (Phi) is 4.30. The molecule has 1 fully saturated rings. The number of phenolic OH excluding ortho intramolecular Hbond substituents is 1. The van der Waals surface area contributed by atoms with Crippen molar-refractivity contribution in [3.8, 4) is 5.75 Å². The molecule has 0 saturated heterocycles. The predicted octanol–water partition coefficient (Wildman–Crippen LogP) is 3.81. The highest BCUT2D eigenvalue weighted by atomic mass is 35.5. The Morgan fingerprint density at radius 2 is 2.06 bits per heavy atom. The molecule has 0 spiro atoms. The average Bonchev–Trinajstić information content (AvgIpc) is 2.82. The van der Waals surface area contributed by atoms with Gasteiger partial charge in [-0.05, 0) is 31.5 Å². The van der Waals surface area contributed by atoms with Crippen LogP contribution in [-0.4, -0.2) is 22.6 Å². The van der Waals surface area contributed by atoms with Gasteiger partial charge in [0.15, 0.2) is 0 Å². The van der Waals surface area contributed by atoms with Gasteiger partial charge in [-0.1, -0.05) is 37.4 Å². The monoisotopic (exact) mass is 253 g/mol. The Morgan fingerprint density at radius 1 is 1.35 bits per heavy atom. The normalized spacial score (nSPS) is 16.9. The molecule has 2 rings (SSSR count). The number of hydrogen-bond acceptors (Lipinski definition) is 2. The average molecular weight is 254 g/mol. The van der Waals surface area contributed by atoms with Crippen molar-refractivity contribution in [2.75, 3.05) is 6.54 Å². The lowest BCUT2D eigenvalue weighted by Gasteiger charge is -2.28. The second-order valence-electron chi connectivity index (χ2n) is 4.74. The molecule has 1 N–H and O–H groups in total. The Hall–Kier alpha value is -0.730. The lowest BCUT2D eigenvalue weighted by Crippen LogP contribution is -2.32. The smallest absolute Gasteiger partial charge is 0.121 e. The molecule has 1 aromatic rings. The summed E-state index contributed by atoms with van der Waals surface area (Å²) in [7, 11) is 0. The molecular formula is C14H20ClNO. The lowest BCUT2D eigenvalue weighted by atomic mass is 10.1. The van der Waals surface area contributed by atoms with Crippen molar-refractivity contribution < 1.29 is 5.11 Å². The maximum Gasteiger partial charge on any atom is 0.121 e. The molecular weight excluding hydrogens is 234 g/mol. The maximum atomic E-state index is 9.87. The zero-order chi connectivity index (χ0) is 12.3. The van der Waals surface area contributed by atoms with Crippen LogP contribution in [0.4, 0.5) is 0 Å². The van der Waals surface area contributed by atoms with E-state index in [-0.39, 0.29) is 0 Å². The van der Waals surface area contributed by atoms with Crippen molar-refractivity contribution in [2.24, 2.45) is 0 Å². The van der Waals surface area contributed by atoms with Gasteiger partial charge >= 0.3 is 0 Å². The maximum absolute atomic E-state index is 9.87. The van der Waals surface area contributed by atoms with Crippen molar-refractivity contribution in [1.29, 1.82) is 0 Å². The summed E-state index contributed by atoms with van der Waals surface area (Å²) >= 11 is 6.15. The molecule has 94 valence electrons. The van der Waals surface area contributed by atoms with Crippen molar-refractivity contribution in [3.05, 3.63) is 28.8 Å². The van der Waals surface area contributed by atoms with E-state index in [1.54, 1.807) is 12.1 Å². The highest BCUT2D eigenvalue weighted by Crippen LogP contribution is 2.30. The first-order chi connectivity index (χ1) is 8.22. The van der Waals surface area contributed by atoms with Crippen LogP contribution in [0.3, 0.4) is 0 Å². The summed E-state index contributed by atoms with van der Waals surface area (Å²) in [5.41, 5.74) is 0.864. The van der Waals surface area contributed by atoms with Gasteiger partial charge in [0.05, 0.1) is 0 Å². The molecule has 0 heterocycles. The molecule has 0 amide bonds. The van der Waals surface area contributed by atoms with E-state index >= 15 is 0 Å². The minimum absolute atomic E-state index is 0.314. The summed E-state index contributed by atoms with van der Waals surface area (Å²) in [6, 6.07) is 6.01. The van der Waals surface area contributed by atoms with Crippen molar-refractivity contribution in [1.82, 2.24) is 4.90 Å². The van der Waals surface area contributed by atoms with Gasteiger partial charge in [-0.15, -0.1) is 0 Å². The predicted molar refractivity (Wildman–Crippen MR) is 71.5 cm³/mol. The van der Waals surface area contributed by atoms with Gasteiger partial charge in [0.25, 0.3) is 0 Å². The third kappa shape index (κ3) is 2.93. The number of hydrogen-bond donors (Lipinski definition) is 1. The van der Waals surface area contributed by atoms with Crippen LogP contribution in [0.1, 0.15) is 38.2 Å². The Morgan fingerprint density at radius 3 is 2.65 bits per heavy atom. The first-order valence-electron chi connectivity index (χ1n) is 6.42. The van der Waals surface area contributed by atoms with Gasteiger partial charge in [-0.2, -0.15) is 0 Å². The molecule has 1 saturated carbocycles. The summed E-state index contributed by atoms with van der Waals surface area (Å²) in [5, 5.41) is 10.5. The van der Waals surface area contributed by atoms with E-state index in [1.807, 2.05) is 6.07 Å². The van der Waals surface area contributed by atoms with E-state index in [1.165, 1.54) is 25.7 Å². The van der Waals surface area contributed by atoms with Crippen LogP contribution >= 0.6 is 11.6 Å². The SMILES string of the molecule is CCN(Cc1c(O)cccc1Cl)C1CCCC1. The molecule has 0 aliphatic heterocycles. The van der Waals surface area contributed by atoms with E-state index in [9.17, 15) is 5.11 Å². The summed E-state index contributed by atoms with van der Waals surface area (Å²) in [4.78, 5) is 2.42. The van der Waals surface area contributed by atoms with Gasteiger partial charge in [-0.25, -0.2) is 0 Å². The van der Waals surface area contributed by atoms with Crippen molar-refractivity contribution in [3.63, 3.8) is 0 Å². The molecule has 0 aromatic heterocycles. The number of benzene rings is 1. The molecule has 0 radical (unpaired) electrons. The van der Waals surface area contributed by atoms with Crippen LogP contribution in [0.2, 0.25) is 5.02 Å². The summed E-state index contributed by atoms with van der Waals surface area (Å²) < 4.78 is 0. The van der Waals surface area contributed by atoms with Gasteiger partial charge in [-0.3, -0.25) is 4.90 Å². The minimum Gasteiger partial charge on any atom is -0.508 e. The molecule has 2 nitrogen and oxygen atoms in total. The molecule has 3 heteroatoms. The van der Waals surface area contributed by atoms with Crippen LogP contribution < -0.4 is 0 Å². The lowest BCUT2D eigenvalue weighted by molar-refractivity contribution is 0.198. The summed E-state index contributed by atoms with van der Waals surface area (Å²) in [6.07, 6.45) is 5.21. The first kappa shape index (κ1) is 12.7. The largest absolute Gasteiger partial charge is 0.508 e. The van der Waals surface area contributed by atoms with Crippen molar-refractivity contribution in [2.45, 2.75) is 45.2 Å². The molecule has 0 atom stereocenters. The van der Waals surface area contributed by atoms with E-state index in [0.29, 0.717) is 16.8 Å². The molecule has 1 aliphatic rings. The number of nitrogens with zero attached hydrogens (tertiary/aromatic N) is 1. The first-order valence-corrected chi connectivity index (χ1v) is 6.80. The van der Waals surface area contributed by atoms with E-state index in [4.69, 9.17) is 11.6 Å². The second-order valence-corrected chi connectivity index (χ2v) is 5.15. The number of aromatic hydroxyl groups is 1. The quantitative estimate of drug-likeness (QED) is 0.882. The van der Waals surface area contributed by atoms with E-state index < -0.39 is 0 Å². The summed E-state index contributed by atoms with van der Waals surface area (Å²) in [6.45, 7) is 3.94. The molecule has 1 aliphatic carbocycles.